The molecule has 0 saturated heterocycles. The zero-order valence-corrected chi connectivity index (χ0v) is 12.4. The third-order valence-electron chi connectivity index (χ3n) is 3.31. The Morgan fingerprint density at radius 1 is 1.25 bits per heavy atom. The Bertz CT molecular complexity index is 615. The van der Waals surface area contributed by atoms with Gasteiger partial charge in [-0.05, 0) is 24.3 Å². The van der Waals surface area contributed by atoms with Crippen LogP contribution in [0.25, 0.3) is 0 Å². The molecule has 1 heterocycles. The van der Waals surface area contributed by atoms with Gasteiger partial charge in [-0.2, -0.15) is 0 Å². The number of fused-ring (bicyclic) bond motifs is 1. The van der Waals surface area contributed by atoms with Crippen molar-refractivity contribution in [1.29, 1.82) is 0 Å². The molecule has 0 aromatic heterocycles. The molecule has 3 rings (SSSR count). The molecule has 0 radical (unpaired) electrons. The van der Waals surface area contributed by atoms with E-state index in [0.29, 0.717) is 13.0 Å². The second-order valence-corrected chi connectivity index (χ2v) is 5.31. The van der Waals surface area contributed by atoms with Gasteiger partial charge in [-0.3, -0.25) is 0 Å². The van der Waals surface area contributed by atoms with Crippen molar-refractivity contribution >= 4 is 15.9 Å². The molecule has 2 nitrogen and oxygen atoms in total. The molecule has 1 unspecified atom stereocenters. The molecule has 0 amide bonds. The standard InChI is InChI=1S/C16H14BrFO2/c17-9-11-3-1-2-4-15(11)19-10-14-8-12-7-13(18)5-6-16(12)20-14/h1-7,14H,8-10H2. The lowest BCUT2D eigenvalue weighted by Crippen LogP contribution is -2.22. The maximum atomic E-state index is 13.1. The quantitative estimate of drug-likeness (QED) is 0.782. The van der Waals surface area contributed by atoms with Gasteiger partial charge < -0.3 is 9.47 Å². The second-order valence-electron chi connectivity index (χ2n) is 4.75. The Morgan fingerprint density at radius 2 is 2.10 bits per heavy atom. The lowest BCUT2D eigenvalue weighted by Gasteiger charge is -2.14. The summed E-state index contributed by atoms with van der Waals surface area (Å²) in [7, 11) is 0. The summed E-state index contributed by atoms with van der Waals surface area (Å²) in [4.78, 5) is 0. The fourth-order valence-electron chi connectivity index (χ4n) is 2.32. The molecule has 0 spiro atoms. The van der Waals surface area contributed by atoms with E-state index in [2.05, 4.69) is 15.9 Å². The highest BCUT2D eigenvalue weighted by Crippen LogP contribution is 2.30. The van der Waals surface area contributed by atoms with Crippen LogP contribution in [0.1, 0.15) is 11.1 Å². The van der Waals surface area contributed by atoms with Crippen molar-refractivity contribution in [2.75, 3.05) is 6.61 Å². The number of alkyl halides is 1. The number of halogens is 2. The maximum absolute atomic E-state index is 13.1. The highest BCUT2D eigenvalue weighted by atomic mass is 79.9. The normalized spacial score (nSPS) is 16.6. The molecule has 1 aliphatic rings. The first-order valence-electron chi connectivity index (χ1n) is 6.48. The van der Waals surface area contributed by atoms with Crippen LogP contribution in [0.5, 0.6) is 11.5 Å². The topological polar surface area (TPSA) is 18.5 Å². The summed E-state index contributed by atoms with van der Waals surface area (Å²) in [5, 5.41) is 0.750. The van der Waals surface area contributed by atoms with Crippen molar-refractivity contribution in [3.05, 3.63) is 59.4 Å². The van der Waals surface area contributed by atoms with Gasteiger partial charge in [-0.25, -0.2) is 4.39 Å². The van der Waals surface area contributed by atoms with E-state index in [1.54, 1.807) is 6.07 Å². The molecule has 1 atom stereocenters. The summed E-state index contributed by atoms with van der Waals surface area (Å²) in [5.74, 6) is 1.39. The molecule has 20 heavy (non-hydrogen) atoms. The van der Waals surface area contributed by atoms with Crippen molar-refractivity contribution in [1.82, 2.24) is 0 Å². The van der Waals surface area contributed by atoms with Gasteiger partial charge in [0.15, 0.2) is 0 Å². The number of hydrogen-bond donors (Lipinski definition) is 0. The van der Waals surface area contributed by atoms with Crippen molar-refractivity contribution in [2.45, 2.75) is 17.9 Å². The Balaban J connectivity index is 1.64. The largest absolute Gasteiger partial charge is 0.489 e. The first-order chi connectivity index (χ1) is 9.76. The van der Waals surface area contributed by atoms with Crippen LogP contribution < -0.4 is 9.47 Å². The molecule has 1 aliphatic heterocycles. The molecular formula is C16H14BrFO2. The molecule has 0 aliphatic carbocycles. The minimum atomic E-state index is -0.224. The Morgan fingerprint density at radius 3 is 2.95 bits per heavy atom. The summed E-state index contributed by atoms with van der Waals surface area (Å²) in [5.41, 5.74) is 2.02. The number of ether oxygens (including phenoxy) is 2. The van der Waals surface area contributed by atoms with Gasteiger partial charge >= 0.3 is 0 Å². The summed E-state index contributed by atoms with van der Waals surface area (Å²) in [6, 6.07) is 12.5. The van der Waals surface area contributed by atoms with Gasteiger partial charge in [0.1, 0.15) is 30.0 Å². The third-order valence-corrected chi connectivity index (χ3v) is 3.91. The molecule has 0 fully saturated rings. The molecule has 2 aromatic rings. The van der Waals surface area contributed by atoms with Crippen LogP contribution in [-0.4, -0.2) is 12.7 Å². The van der Waals surface area contributed by atoms with Crippen LogP contribution in [0.3, 0.4) is 0 Å². The lowest BCUT2D eigenvalue weighted by molar-refractivity contribution is 0.148. The highest BCUT2D eigenvalue weighted by Gasteiger charge is 2.24. The van der Waals surface area contributed by atoms with Crippen LogP contribution in [0.2, 0.25) is 0 Å². The van der Waals surface area contributed by atoms with E-state index in [-0.39, 0.29) is 11.9 Å². The van der Waals surface area contributed by atoms with Crippen molar-refractivity contribution in [3.8, 4) is 11.5 Å². The van der Waals surface area contributed by atoms with E-state index >= 15 is 0 Å². The van der Waals surface area contributed by atoms with E-state index in [9.17, 15) is 4.39 Å². The number of hydrogen-bond acceptors (Lipinski definition) is 2. The van der Waals surface area contributed by atoms with Crippen molar-refractivity contribution < 1.29 is 13.9 Å². The summed E-state index contributed by atoms with van der Waals surface area (Å²) < 4.78 is 24.7. The Kier molecular flexibility index (Phi) is 3.92. The van der Waals surface area contributed by atoms with Crippen molar-refractivity contribution in [3.63, 3.8) is 0 Å². The molecule has 4 heteroatoms. The van der Waals surface area contributed by atoms with Gasteiger partial charge in [0.2, 0.25) is 0 Å². The van der Waals surface area contributed by atoms with E-state index < -0.39 is 0 Å². The fourth-order valence-corrected chi connectivity index (χ4v) is 2.78. The summed E-state index contributed by atoms with van der Waals surface area (Å²) >= 11 is 3.44. The van der Waals surface area contributed by atoms with Gasteiger partial charge in [-0.1, -0.05) is 34.1 Å². The van der Waals surface area contributed by atoms with Crippen LogP contribution in [-0.2, 0) is 11.8 Å². The van der Waals surface area contributed by atoms with Gasteiger partial charge in [0, 0.05) is 22.9 Å². The minimum Gasteiger partial charge on any atom is -0.489 e. The third kappa shape index (κ3) is 2.80. The SMILES string of the molecule is Fc1ccc2c(c1)CC(COc1ccccc1CBr)O2. The van der Waals surface area contributed by atoms with Gasteiger partial charge in [0.05, 0.1) is 0 Å². The zero-order chi connectivity index (χ0) is 13.9. The smallest absolute Gasteiger partial charge is 0.137 e. The molecular weight excluding hydrogens is 323 g/mol. The molecule has 0 bridgehead atoms. The molecule has 0 saturated carbocycles. The maximum Gasteiger partial charge on any atom is 0.137 e. The summed E-state index contributed by atoms with van der Waals surface area (Å²) in [6.45, 7) is 0.459. The van der Waals surface area contributed by atoms with Crippen LogP contribution >= 0.6 is 15.9 Å². The second kappa shape index (κ2) is 5.83. The number of rotatable bonds is 4. The number of para-hydroxylation sites is 1. The van der Waals surface area contributed by atoms with Crippen LogP contribution in [0, 0.1) is 5.82 Å². The van der Waals surface area contributed by atoms with Crippen molar-refractivity contribution in [2.24, 2.45) is 0 Å². The molecule has 104 valence electrons. The predicted molar refractivity (Wildman–Crippen MR) is 79.1 cm³/mol. The first kappa shape index (κ1) is 13.4. The van der Waals surface area contributed by atoms with Gasteiger partial charge in [0.25, 0.3) is 0 Å². The molecule has 0 N–H and O–H groups in total. The van der Waals surface area contributed by atoms with Crippen LogP contribution in [0.15, 0.2) is 42.5 Å². The predicted octanol–water partition coefficient (Wildman–Crippen LogP) is 4.10. The first-order valence-corrected chi connectivity index (χ1v) is 7.60. The van der Waals surface area contributed by atoms with E-state index in [0.717, 1.165) is 28.0 Å². The zero-order valence-electron chi connectivity index (χ0n) is 10.8. The van der Waals surface area contributed by atoms with E-state index in [1.807, 2.05) is 24.3 Å². The fraction of sp³-hybridized carbons (Fsp3) is 0.250. The number of benzene rings is 2. The molecule has 2 aromatic carbocycles. The van der Waals surface area contributed by atoms with E-state index in [4.69, 9.17) is 9.47 Å². The average Bonchev–Trinajstić information content (AvgIpc) is 2.87. The average molecular weight is 337 g/mol. The van der Waals surface area contributed by atoms with Gasteiger partial charge in [-0.15, -0.1) is 0 Å². The monoisotopic (exact) mass is 336 g/mol. The highest BCUT2D eigenvalue weighted by molar-refractivity contribution is 9.08. The Labute approximate surface area is 125 Å². The van der Waals surface area contributed by atoms with E-state index in [1.165, 1.54) is 12.1 Å². The summed E-state index contributed by atoms with van der Waals surface area (Å²) in [6.07, 6.45) is 0.624. The minimum absolute atomic E-state index is 0.0600. The Hall–Kier alpha value is -1.55. The van der Waals surface area contributed by atoms with Crippen LogP contribution in [0.4, 0.5) is 4.39 Å². The lowest BCUT2D eigenvalue weighted by atomic mass is 10.1.